The molecule has 0 atom stereocenters. The molecular weight excluding hydrogens is 773 g/mol. The van der Waals surface area contributed by atoms with E-state index in [4.69, 9.17) is 4.42 Å². The first-order valence-corrected chi connectivity index (χ1v) is 21.9. The van der Waals surface area contributed by atoms with E-state index < -0.39 is 0 Å². The topological polar surface area (TPSA) is 21.3 Å². The predicted molar refractivity (Wildman–Crippen MR) is 264 cm³/mol. The van der Waals surface area contributed by atoms with E-state index in [2.05, 4.69) is 222 Å². The quantitative estimate of drug-likeness (QED) is 0.167. The van der Waals surface area contributed by atoms with Gasteiger partial charge in [-0.05, 0) is 88.3 Å². The van der Waals surface area contributed by atoms with Crippen LogP contribution in [0.15, 0.2) is 223 Å². The van der Waals surface area contributed by atoms with Crippen molar-refractivity contribution >= 4 is 103 Å². The third kappa shape index (κ3) is 5.37. The third-order valence-corrected chi connectivity index (χ3v) is 13.8. The zero-order chi connectivity index (χ0) is 40.7. The summed E-state index contributed by atoms with van der Waals surface area (Å²) in [5.41, 5.74) is 13.2. The summed E-state index contributed by atoms with van der Waals surface area (Å²) in [4.78, 5) is 2.33. The minimum Gasteiger partial charge on any atom is -0.454 e. The SMILES string of the molecule is c1ccc(-n2c3cc(-c4ccc(N(c5ccc(-c6cccc7c6sc6ccccc67)cc5)c5cccc6c5oc5ccccc56)cc4)ccc3c3ccc4ccccc4c32)cc1. The van der Waals surface area contributed by atoms with Crippen LogP contribution in [0.25, 0.3) is 103 Å². The first-order valence-electron chi connectivity index (χ1n) is 21.1. The number of rotatable bonds is 6. The van der Waals surface area contributed by atoms with Crippen LogP contribution in [-0.2, 0) is 0 Å². The molecule has 0 amide bonds. The molecule has 3 heterocycles. The maximum atomic E-state index is 6.67. The van der Waals surface area contributed by atoms with Gasteiger partial charge in [-0.15, -0.1) is 11.3 Å². The van der Waals surface area contributed by atoms with Crippen LogP contribution in [0.5, 0.6) is 0 Å². The molecule has 0 saturated heterocycles. The number of para-hydroxylation sites is 3. The van der Waals surface area contributed by atoms with E-state index in [0.717, 1.165) is 50.3 Å². The summed E-state index contributed by atoms with van der Waals surface area (Å²) in [6, 6.07) is 79.1. The Hall–Kier alpha value is -7.92. The van der Waals surface area contributed by atoms with Gasteiger partial charge in [0, 0.05) is 64.2 Å². The number of thiophene rings is 1. The highest BCUT2D eigenvalue weighted by Crippen LogP contribution is 2.45. The lowest BCUT2D eigenvalue weighted by Crippen LogP contribution is -2.10. The fraction of sp³-hybridized carbons (Fsp3) is 0. The normalized spacial score (nSPS) is 11.9. The minimum atomic E-state index is 0.864. The van der Waals surface area contributed by atoms with Gasteiger partial charge in [0.05, 0.1) is 16.7 Å². The van der Waals surface area contributed by atoms with Crippen LogP contribution in [-0.4, -0.2) is 4.57 Å². The molecule has 0 unspecified atom stereocenters. The van der Waals surface area contributed by atoms with Crippen molar-refractivity contribution in [3.63, 3.8) is 0 Å². The molecule has 4 heteroatoms. The largest absolute Gasteiger partial charge is 0.454 e. The highest BCUT2D eigenvalue weighted by molar-refractivity contribution is 7.26. The number of nitrogens with zero attached hydrogens (tertiary/aromatic N) is 2. The Bertz CT molecular complexity index is 3860. The second kappa shape index (κ2) is 13.8. The highest BCUT2D eigenvalue weighted by atomic mass is 32.1. The molecule has 0 spiro atoms. The smallest absolute Gasteiger partial charge is 0.159 e. The number of fused-ring (bicyclic) bond motifs is 11. The molecule has 13 aromatic rings. The summed E-state index contributed by atoms with van der Waals surface area (Å²) in [6.07, 6.45) is 0. The van der Waals surface area contributed by atoms with E-state index in [1.165, 1.54) is 69.4 Å². The Kier molecular flexibility index (Phi) is 7.78. The molecule has 3 aromatic heterocycles. The van der Waals surface area contributed by atoms with Crippen molar-refractivity contribution in [1.82, 2.24) is 4.57 Å². The Labute approximate surface area is 361 Å². The van der Waals surface area contributed by atoms with E-state index in [-0.39, 0.29) is 0 Å². The lowest BCUT2D eigenvalue weighted by molar-refractivity contribution is 0.669. The van der Waals surface area contributed by atoms with Crippen molar-refractivity contribution in [1.29, 1.82) is 0 Å². The average Bonchev–Trinajstić information content (AvgIpc) is 4.02. The summed E-state index contributed by atoms with van der Waals surface area (Å²) in [6.45, 7) is 0. The molecule has 0 saturated carbocycles. The van der Waals surface area contributed by atoms with Gasteiger partial charge in [-0.1, -0.05) is 158 Å². The van der Waals surface area contributed by atoms with Crippen molar-refractivity contribution in [2.45, 2.75) is 0 Å². The number of furan rings is 1. The van der Waals surface area contributed by atoms with Gasteiger partial charge in [-0.3, -0.25) is 0 Å². The molecule has 0 bridgehead atoms. The molecule has 0 fully saturated rings. The first kappa shape index (κ1) is 34.9. The predicted octanol–water partition coefficient (Wildman–Crippen LogP) is 17.0. The molecule has 0 aliphatic carbocycles. The van der Waals surface area contributed by atoms with E-state index >= 15 is 0 Å². The summed E-state index contributed by atoms with van der Waals surface area (Å²) < 4.78 is 11.7. The molecule has 62 heavy (non-hydrogen) atoms. The van der Waals surface area contributed by atoms with Crippen LogP contribution >= 0.6 is 11.3 Å². The standard InChI is InChI=1S/C58H36N2OS/c1-2-13-41(14-3-1)60-53-36-40(29-34-46(53)49-35-28-38-12-4-5-15-44(38)56(49)60)37-24-30-42(31-25-37)59(52-21-11-19-50-47-16-6-8-22-54(47)61-57(50)52)43-32-26-39(27-33-43)45-18-10-20-51-48-17-7-9-23-55(48)62-58(45)51/h1-36H. The number of benzene rings is 10. The van der Waals surface area contributed by atoms with Gasteiger partial charge in [0.15, 0.2) is 5.58 Å². The van der Waals surface area contributed by atoms with Crippen LogP contribution < -0.4 is 4.90 Å². The van der Waals surface area contributed by atoms with Crippen LogP contribution in [0.3, 0.4) is 0 Å². The zero-order valence-corrected chi connectivity index (χ0v) is 34.3. The lowest BCUT2D eigenvalue weighted by Gasteiger charge is -2.26. The van der Waals surface area contributed by atoms with Gasteiger partial charge in [0.2, 0.25) is 0 Å². The van der Waals surface area contributed by atoms with Crippen molar-refractivity contribution in [3.8, 4) is 27.9 Å². The van der Waals surface area contributed by atoms with Gasteiger partial charge in [0.1, 0.15) is 5.58 Å². The lowest BCUT2D eigenvalue weighted by atomic mass is 10.0. The molecule has 13 rings (SSSR count). The summed E-state index contributed by atoms with van der Waals surface area (Å²) in [7, 11) is 0. The Morgan fingerprint density at radius 3 is 1.90 bits per heavy atom. The molecule has 10 aromatic carbocycles. The molecular formula is C58H36N2OS. The first-order chi connectivity index (χ1) is 30.7. The van der Waals surface area contributed by atoms with Crippen LogP contribution in [0, 0.1) is 0 Å². The fourth-order valence-corrected chi connectivity index (χ4v) is 10.9. The van der Waals surface area contributed by atoms with E-state index in [9.17, 15) is 0 Å². The fourth-order valence-electron chi connectivity index (χ4n) is 9.71. The Morgan fingerprint density at radius 1 is 0.419 bits per heavy atom. The monoisotopic (exact) mass is 808 g/mol. The maximum absolute atomic E-state index is 6.67. The molecule has 0 N–H and O–H groups in total. The molecule has 0 aliphatic heterocycles. The number of hydrogen-bond acceptors (Lipinski definition) is 3. The Morgan fingerprint density at radius 2 is 1.06 bits per heavy atom. The van der Waals surface area contributed by atoms with Crippen LogP contribution in [0.2, 0.25) is 0 Å². The summed E-state index contributed by atoms with van der Waals surface area (Å²) in [5, 5.41) is 9.82. The van der Waals surface area contributed by atoms with E-state index in [1.54, 1.807) is 0 Å². The molecule has 290 valence electrons. The zero-order valence-electron chi connectivity index (χ0n) is 33.5. The molecule has 3 nitrogen and oxygen atoms in total. The van der Waals surface area contributed by atoms with Crippen molar-refractivity contribution in [2.24, 2.45) is 0 Å². The average molecular weight is 809 g/mol. The van der Waals surface area contributed by atoms with Gasteiger partial charge >= 0.3 is 0 Å². The second-order valence-electron chi connectivity index (χ2n) is 16.0. The third-order valence-electron chi connectivity index (χ3n) is 12.6. The van der Waals surface area contributed by atoms with E-state index in [0.29, 0.717) is 0 Å². The number of anilines is 3. The van der Waals surface area contributed by atoms with E-state index in [1.807, 2.05) is 17.4 Å². The van der Waals surface area contributed by atoms with Gasteiger partial charge < -0.3 is 13.9 Å². The molecule has 0 aliphatic rings. The van der Waals surface area contributed by atoms with Crippen molar-refractivity contribution < 1.29 is 4.42 Å². The maximum Gasteiger partial charge on any atom is 0.159 e. The minimum absolute atomic E-state index is 0.864. The number of aromatic nitrogens is 1. The Balaban J connectivity index is 0.950. The van der Waals surface area contributed by atoms with Gasteiger partial charge in [0.25, 0.3) is 0 Å². The highest BCUT2D eigenvalue weighted by Gasteiger charge is 2.21. The van der Waals surface area contributed by atoms with Gasteiger partial charge in [-0.25, -0.2) is 0 Å². The van der Waals surface area contributed by atoms with Gasteiger partial charge in [-0.2, -0.15) is 0 Å². The number of hydrogen-bond donors (Lipinski definition) is 0. The second-order valence-corrected chi connectivity index (χ2v) is 17.1. The van der Waals surface area contributed by atoms with Crippen LogP contribution in [0.1, 0.15) is 0 Å². The summed E-state index contributed by atoms with van der Waals surface area (Å²) in [5.74, 6) is 0. The molecule has 0 radical (unpaired) electrons. The van der Waals surface area contributed by atoms with Crippen molar-refractivity contribution in [2.75, 3.05) is 4.90 Å². The van der Waals surface area contributed by atoms with Crippen molar-refractivity contribution in [3.05, 3.63) is 218 Å². The van der Waals surface area contributed by atoms with Crippen LogP contribution in [0.4, 0.5) is 17.1 Å². The summed E-state index contributed by atoms with van der Waals surface area (Å²) >= 11 is 1.87.